The van der Waals surface area contributed by atoms with Gasteiger partial charge in [-0.2, -0.15) is 0 Å². The van der Waals surface area contributed by atoms with Gasteiger partial charge in [-0.05, 0) is 47.5 Å². The normalized spacial score (nSPS) is 21.4. The highest BCUT2D eigenvalue weighted by Gasteiger charge is 2.55. The molecule has 0 spiro atoms. The maximum absolute atomic E-state index is 14.1. The van der Waals surface area contributed by atoms with E-state index < -0.39 is 29.7 Å². The second-order valence-corrected chi connectivity index (χ2v) is 9.03. The number of esters is 2. The lowest BCUT2D eigenvalue weighted by Crippen LogP contribution is -2.41. The predicted molar refractivity (Wildman–Crippen MR) is 130 cm³/mol. The van der Waals surface area contributed by atoms with E-state index in [1.54, 1.807) is 24.3 Å². The van der Waals surface area contributed by atoms with Crippen LogP contribution in [0.15, 0.2) is 77.3 Å². The van der Waals surface area contributed by atoms with E-state index in [4.69, 9.17) is 14.2 Å². The number of carbonyl (C=O) groups is 3. The molecule has 0 bridgehead atoms. The molecular weight excluding hydrogens is 516 g/mol. The van der Waals surface area contributed by atoms with E-state index in [1.807, 2.05) is 24.3 Å². The summed E-state index contributed by atoms with van der Waals surface area (Å²) in [5, 5.41) is 10.6. The number of ether oxygens (including phenoxy) is 3. The summed E-state index contributed by atoms with van der Waals surface area (Å²) in [5.41, 5.74) is 0.635. The minimum absolute atomic E-state index is 0.187. The summed E-state index contributed by atoms with van der Waals surface area (Å²) < 4.78 is 16.5. The van der Waals surface area contributed by atoms with Crippen molar-refractivity contribution in [3.63, 3.8) is 0 Å². The maximum atomic E-state index is 14.1. The van der Waals surface area contributed by atoms with Crippen molar-refractivity contribution >= 4 is 33.7 Å². The Hall–Kier alpha value is -3.33. The van der Waals surface area contributed by atoms with Gasteiger partial charge >= 0.3 is 11.9 Å². The first kappa shape index (κ1) is 24.8. The molecule has 3 aromatic rings. The van der Waals surface area contributed by atoms with Gasteiger partial charge in [-0.25, -0.2) is 9.59 Å². The molecule has 1 N–H and O–H groups in total. The lowest BCUT2D eigenvalue weighted by molar-refractivity contribution is -0.125. The van der Waals surface area contributed by atoms with Gasteiger partial charge < -0.3 is 19.3 Å². The van der Waals surface area contributed by atoms with Crippen LogP contribution in [0.25, 0.3) is 0 Å². The summed E-state index contributed by atoms with van der Waals surface area (Å²) in [7, 11) is 2.57. The van der Waals surface area contributed by atoms with Gasteiger partial charge in [0.05, 0.1) is 25.3 Å². The predicted octanol–water partition coefficient (Wildman–Crippen LogP) is 4.62. The molecule has 0 aliphatic carbocycles. The summed E-state index contributed by atoms with van der Waals surface area (Å²) >= 11 is 3.43. The molecular formula is C27H23BrO7. The molecule has 0 aromatic heterocycles. The highest BCUT2D eigenvalue weighted by molar-refractivity contribution is 9.10. The Morgan fingerprint density at radius 2 is 1.31 bits per heavy atom. The Labute approximate surface area is 210 Å². The van der Waals surface area contributed by atoms with Gasteiger partial charge in [0.1, 0.15) is 0 Å². The van der Waals surface area contributed by atoms with Crippen LogP contribution in [-0.2, 0) is 19.8 Å². The molecule has 0 unspecified atom stereocenters. The summed E-state index contributed by atoms with van der Waals surface area (Å²) in [4.78, 5) is 37.9. The van der Waals surface area contributed by atoms with Crippen molar-refractivity contribution in [2.45, 2.75) is 24.2 Å². The maximum Gasteiger partial charge on any atom is 0.337 e. The summed E-state index contributed by atoms with van der Waals surface area (Å²) in [5.74, 6) is -1.93. The van der Waals surface area contributed by atoms with Crippen molar-refractivity contribution in [1.82, 2.24) is 0 Å². The molecule has 1 heterocycles. The van der Waals surface area contributed by atoms with Gasteiger partial charge in [0, 0.05) is 22.4 Å². The van der Waals surface area contributed by atoms with E-state index in [0.717, 1.165) is 10.0 Å². The monoisotopic (exact) mass is 538 g/mol. The molecule has 1 aliphatic rings. The van der Waals surface area contributed by atoms with Crippen LogP contribution < -0.4 is 0 Å². The highest BCUT2D eigenvalue weighted by atomic mass is 79.9. The standard InChI is InChI=1S/C27H23BrO7/c1-33-25(31)18-5-3-17(4-6-18)24(30)27(20-11-7-19(8-12-20)26(32)34-2)22(15-23(29)35-27)16-9-13-21(28)14-10-16/h3-14,22-23,29H,15H2,1-2H3/t22-,23-,27-/m0/s1. The topological polar surface area (TPSA) is 99.1 Å². The second kappa shape index (κ2) is 10.1. The van der Waals surface area contributed by atoms with Crippen LogP contribution >= 0.6 is 15.9 Å². The third kappa shape index (κ3) is 4.65. The summed E-state index contributed by atoms with van der Waals surface area (Å²) in [6.07, 6.45) is -1.01. The number of carbonyl (C=O) groups excluding carboxylic acids is 3. The number of Topliss-reactive ketones (excluding diaryl/α,β-unsaturated/α-hetero) is 1. The number of ketones is 1. The Morgan fingerprint density at radius 3 is 1.83 bits per heavy atom. The highest BCUT2D eigenvalue weighted by Crippen LogP contribution is 2.51. The van der Waals surface area contributed by atoms with Crippen molar-refractivity contribution in [3.05, 3.63) is 105 Å². The third-order valence-electron chi connectivity index (χ3n) is 6.16. The van der Waals surface area contributed by atoms with Crippen molar-refractivity contribution < 1.29 is 33.7 Å². The van der Waals surface area contributed by atoms with Crippen LogP contribution in [0.5, 0.6) is 0 Å². The Balaban J connectivity index is 1.86. The van der Waals surface area contributed by atoms with E-state index in [1.165, 1.54) is 38.5 Å². The molecule has 8 heteroatoms. The van der Waals surface area contributed by atoms with E-state index in [-0.39, 0.29) is 12.2 Å². The molecule has 1 fully saturated rings. The molecule has 1 aliphatic heterocycles. The van der Waals surface area contributed by atoms with Crippen molar-refractivity contribution in [2.75, 3.05) is 14.2 Å². The smallest absolute Gasteiger partial charge is 0.337 e. The number of aliphatic hydroxyl groups excluding tert-OH is 1. The average molecular weight is 539 g/mol. The quantitative estimate of drug-likeness (QED) is 0.361. The number of hydrogen-bond acceptors (Lipinski definition) is 7. The SMILES string of the molecule is COC(=O)c1ccc(C(=O)[C@@]2(c3ccc(C(=O)OC)cc3)O[C@H](O)C[C@H]2c2ccc(Br)cc2)cc1. The number of hydrogen-bond donors (Lipinski definition) is 1. The number of benzene rings is 3. The molecule has 180 valence electrons. The first-order chi connectivity index (χ1) is 16.8. The van der Waals surface area contributed by atoms with Crippen molar-refractivity contribution in [3.8, 4) is 0 Å². The van der Waals surface area contributed by atoms with Crippen LogP contribution in [0.4, 0.5) is 0 Å². The summed E-state index contributed by atoms with van der Waals surface area (Å²) in [6.45, 7) is 0. The molecule has 7 nitrogen and oxygen atoms in total. The molecule has 35 heavy (non-hydrogen) atoms. The van der Waals surface area contributed by atoms with Gasteiger partial charge in [-0.15, -0.1) is 0 Å². The van der Waals surface area contributed by atoms with Crippen LogP contribution in [0.3, 0.4) is 0 Å². The molecule has 0 amide bonds. The van der Waals surface area contributed by atoms with Gasteiger partial charge in [0.2, 0.25) is 0 Å². The van der Waals surface area contributed by atoms with Gasteiger partial charge in [-0.1, -0.05) is 52.3 Å². The van der Waals surface area contributed by atoms with Gasteiger partial charge in [0.15, 0.2) is 17.7 Å². The average Bonchev–Trinajstić information content (AvgIpc) is 3.25. The summed E-state index contributed by atoms with van der Waals surface area (Å²) in [6, 6.07) is 19.9. The van der Waals surface area contributed by atoms with Crippen LogP contribution in [0.1, 0.15) is 54.5 Å². The lowest BCUT2D eigenvalue weighted by Gasteiger charge is -2.34. The van der Waals surface area contributed by atoms with Crippen molar-refractivity contribution in [1.29, 1.82) is 0 Å². The molecule has 3 aromatic carbocycles. The molecule has 4 rings (SSSR count). The van der Waals surface area contributed by atoms with E-state index >= 15 is 0 Å². The van der Waals surface area contributed by atoms with E-state index in [9.17, 15) is 19.5 Å². The number of methoxy groups -OCH3 is 2. The minimum Gasteiger partial charge on any atom is -0.465 e. The first-order valence-electron chi connectivity index (χ1n) is 10.8. The Kier molecular flexibility index (Phi) is 7.16. The molecule has 3 atom stereocenters. The minimum atomic E-state index is -1.57. The lowest BCUT2D eigenvalue weighted by atomic mass is 9.73. The fourth-order valence-electron chi connectivity index (χ4n) is 4.45. The molecule has 0 radical (unpaired) electrons. The fraction of sp³-hybridized carbons (Fsp3) is 0.222. The Bertz CT molecular complexity index is 1240. The molecule has 0 saturated carbocycles. The first-order valence-corrected chi connectivity index (χ1v) is 11.6. The van der Waals surface area contributed by atoms with Crippen LogP contribution in [-0.4, -0.2) is 43.3 Å². The van der Waals surface area contributed by atoms with Gasteiger partial charge in [-0.3, -0.25) is 4.79 Å². The zero-order chi connectivity index (χ0) is 25.2. The third-order valence-corrected chi connectivity index (χ3v) is 6.69. The number of aliphatic hydroxyl groups is 1. The van der Waals surface area contributed by atoms with E-state index in [2.05, 4.69) is 15.9 Å². The van der Waals surface area contributed by atoms with Crippen LogP contribution in [0.2, 0.25) is 0 Å². The zero-order valence-electron chi connectivity index (χ0n) is 19.1. The van der Waals surface area contributed by atoms with Crippen LogP contribution in [0, 0.1) is 0 Å². The second-order valence-electron chi connectivity index (χ2n) is 8.11. The van der Waals surface area contributed by atoms with Gasteiger partial charge in [0.25, 0.3) is 0 Å². The number of halogens is 1. The van der Waals surface area contributed by atoms with Crippen molar-refractivity contribution in [2.24, 2.45) is 0 Å². The fourth-order valence-corrected chi connectivity index (χ4v) is 4.72. The zero-order valence-corrected chi connectivity index (χ0v) is 20.7. The number of rotatable bonds is 6. The Morgan fingerprint density at radius 1 is 0.829 bits per heavy atom. The van der Waals surface area contributed by atoms with E-state index in [0.29, 0.717) is 22.3 Å². The largest absolute Gasteiger partial charge is 0.465 e. The molecule has 1 saturated heterocycles.